The molecule has 2 aromatic heterocycles. The van der Waals surface area contributed by atoms with E-state index in [1.54, 1.807) is 6.20 Å². The molecular formula is C33H42F2N3O6P. The Morgan fingerprint density at radius 3 is 2.27 bits per heavy atom. The van der Waals surface area contributed by atoms with Gasteiger partial charge in [0, 0.05) is 23.4 Å². The Bertz CT molecular complexity index is 1630. The van der Waals surface area contributed by atoms with Gasteiger partial charge in [0.25, 0.3) is 0 Å². The van der Waals surface area contributed by atoms with Crippen LogP contribution in [0.25, 0.3) is 21.8 Å². The van der Waals surface area contributed by atoms with Crippen LogP contribution >= 0.6 is 7.60 Å². The van der Waals surface area contributed by atoms with Crippen molar-refractivity contribution in [3.63, 3.8) is 0 Å². The zero-order valence-corrected chi connectivity index (χ0v) is 27.2. The van der Waals surface area contributed by atoms with Crippen molar-refractivity contribution in [1.82, 2.24) is 9.97 Å². The van der Waals surface area contributed by atoms with Gasteiger partial charge in [0.15, 0.2) is 5.82 Å². The summed E-state index contributed by atoms with van der Waals surface area (Å²) in [5, 5.41) is 2.10. The molecule has 0 unspecified atom stereocenters. The summed E-state index contributed by atoms with van der Waals surface area (Å²) in [6.07, 6.45) is 2.67. The van der Waals surface area contributed by atoms with Gasteiger partial charge in [-0.2, -0.15) is 8.78 Å². The lowest BCUT2D eigenvalue weighted by atomic mass is 9.96. The Hall–Kier alpha value is -3.21. The third kappa shape index (κ3) is 8.74. The Labute approximate surface area is 262 Å². The van der Waals surface area contributed by atoms with Crippen molar-refractivity contribution in [2.75, 3.05) is 52.0 Å². The first kappa shape index (κ1) is 34.7. The summed E-state index contributed by atoms with van der Waals surface area (Å²) in [4.78, 5) is 9.09. The summed E-state index contributed by atoms with van der Waals surface area (Å²) in [6, 6.07) is 14.3. The van der Waals surface area contributed by atoms with E-state index in [1.165, 1.54) is 25.0 Å². The number of alkyl halides is 2. The second-order valence-electron chi connectivity index (χ2n) is 10.6. The van der Waals surface area contributed by atoms with Gasteiger partial charge in [-0.15, -0.1) is 0 Å². The van der Waals surface area contributed by atoms with Crippen LogP contribution in [0, 0.1) is 13.8 Å². The fraction of sp³-hybridized carbons (Fsp3) is 0.455. The lowest BCUT2D eigenvalue weighted by Gasteiger charge is -2.25. The third-order valence-corrected chi connectivity index (χ3v) is 9.56. The molecule has 0 aliphatic heterocycles. The van der Waals surface area contributed by atoms with Gasteiger partial charge < -0.3 is 29.0 Å². The molecule has 244 valence electrons. The molecule has 0 bridgehead atoms. The van der Waals surface area contributed by atoms with Crippen molar-refractivity contribution in [3.05, 3.63) is 70.9 Å². The van der Waals surface area contributed by atoms with Crippen molar-refractivity contribution < 1.29 is 36.6 Å². The minimum absolute atomic E-state index is 0.114. The molecule has 12 heteroatoms. The number of nitrogen functional groups attached to an aromatic ring is 1. The molecule has 2 aromatic carbocycles. The number of nitrogens with zero attached hydrogens (tertiary/aromatic N) is 2. The first-order valence-electron chi connectivity index (χ1n) is 15.2. The van der Waals surface area contributed by atoms with Crippen molar-refractivity contribution in [2.45, 2.75) is 52.6 Å². The molecule has 4 aromatic rings. The van der Waals surface area contributed by atoms with Crippen LogP contribution in [0.3, 0.4) is 0 Å². The molecule has 2 heterocycles. The van der Waals surface area contributed by atoms with Gasteiger partial charge in [-0.05, 0) is 87.1 Å². The normalized spacial score (nSPS) is 12.3. The standard InChI is InChI=1S/C33H42F2N3O6P/c1-5-43-45(39,44-6-2)33(34,35)14-16-40-17-18-41-19-20-42-27-11-10-25(24(4)22-27)8-9-26-13-15-37-31-30(26)28-12-7-23(3)21-29(28)38-32(31)36/h7,10-13,15,21-22H,5-6,8-9,14,16-20H2,1-4H3,(H2,36,38). The molecule has 0 saturated carbocycles. The zero-order chi connectivity index (χ0) is 32.5. The molecule has 2 N–H and O–H groups in total. The van der Waals surface area contributed by atoms with Gasteiger partial charge in [-0.25, -0.2) is 4.98 Å². The largest absolute Gasteiger partial charge is 0.491 e. The average molecular weight is 646 g/mol. The smallest absolute Gasteiger partial charge is 0.399 e. The van der Waals surface area contributed by atoms with E-state index in [9.17, 15) is 13.3 Å². The highest BCUT2D eigenvalue weighted by molar-refractivity contribution is 7.55. The highest BCUT2D eigenvalue weighted by atomic mass is 31.2. The maximum atomic E-state index is 14.3. The molecule has 9 nitrogen and oxygen atoms in total. The summed E-state index contributed by atoms with van der Waals surface area (Å²) in [5.41, 5.74) is 8.89. The fourth-order valence-corrected chi connectivity index (χ4v) is 6.58. The van der Waals surface area contributed by atoms with Crippen molar-refractivity contribution >= 4 is 35.2 Å². The summed E-state index contributed by atoms with van der Waals surface area (Å²) >= 11 is 0. The maximum Gasteiger partial charge on any atom is 0.399 e. The predicted molar refractivity (Wildman–Crippen MR) is 172 cm³/mol. The van der Waals surface area contributed by atoms with E-state index >= 15 is 0 Å². The number of benzene rings is 2. The van der Waals surface area contributed by atoms with Gasteiger partial charge in [-0.3, -0.25) is 9.55 Å². The molecule has 45 heavy (non-hydrogen) atoms. The van der Waals surface area contributed by atoms with Crippen molar-refractivity contribution in [3.8, 4) is 5.75 Å². The van der Waals surface area contributed by atoms with Crippen LogP contribution in [0.5, 0.6) is 5.75 Å². The Balaban J connectivity index is 1.21. The van der Waals surface area contributed by atoms with Crippen molar-refractivity contribution in [2.24, 2.45) is 0 Å². The summed E-state index contributed by atoms with van der Waals surface area (Å²) in [6.45, 7) is 7.46. The number of pyridine rings is 2. The van der Waals surface area contributed by atoms with Gasteiger partial charge in [0.2, 0.25) is 0 Å². The number of halogens is 2. The van der Waals surface area contributed by atoms with Crippen LogP contribution < -0.4 is 10.5 Å². The Kier molecular flexibility index (Phi) is 12.2. The number of anilines is 1. The number of hydrogen-bond acceptors (Lipinski definition) is 9. The predicted octanol–water partition coefficient (Wildman–Crippen LogP) is 7.43. The van der Waals surface area contributed by atoms with Crippen molar-refractivity contribution in [1.29, 1.82) is 0 Å². The molecule has 0 saturated heterocycles. The van der Waals surface area contributed by atoms with E-state index in [-0.39, 0.29) is 33.0 Å². The summed E-state index contributed by atoms with van der Waals surface area (Å²) < 4.78 is 67.1. The second kappa shape index (κ2) is 15.9. The van der Waals surface area contributed by atoms with E-state index in [0.717, 1.165) is 51.5 Å². The number of ether oxygens (including phenoxy) is 3. The highest BCUT2D eigenvalue weighted by Crippen LogP contribution is 2.63. The van der Waals surface area contributed by atoms with E-state index in [4.69, 9.17) is 29.0 Å². The Morgan fingerprint density at radius 1 is 0.867 bits per heavy atom. The van der Waals surface area contributed by atoms with Crippen LogP contribution in [0.15, 0.2) is 48.7 Å². The van der Waals surface area contributed by atoms with Gasteiger partial charge in [0.05, 0.1) is 45.2 Å². The quantitative estimate of drug-likeness (QED) is 0.0670. The lowest BCUT2D eigenvalue weighted by Crippen LogP contribution is -2.23. The lowest BCUT2D eigenvalue weighted by molar-refractivity contribution is -0.0106. The molecule has 0 aliphatic rings. The number of rotatable bonds is 18. The summed E-state index contributed by atoms with van der Waals surface area (Å²) in [7, 11) is -4.54. The van der Waals surface area contributed by atoms with E-state index in [2.05, 4.69) is 41.2 Å². The van der Waals surface area contributed by atoms with E-state index in [1.807, 2.05) is 25.1 Å². The fourth-order valence-electron chi connectivity index (χ4n) is 5.08. The van der Waals surface area contributed by atoms with Gasteiger partial charge in [-0.1, -0.05) is 18.2 Å². The molecule has 0 atom stereocenters. The first-order valence-corrected chi connectivity index (χ1v) is 16.7. The molecule has 0 fully saturated rings. The second-order valence-corrected chi connectivity index (χ2v) is 12.8. The van der Waals surface area contributed by atoms with Crippen LogP contribution in [-0.4, -0.2) is 61.9 Å². The number of hydrogen-bond donors (Lipinski definition) is 1. The topological polar surface area (TPSA) is 115 Å². The maximum absolute atomic E-state index is 14.3. The number of nitrogens with two attached hydrogens (primary N) is 1. The van der Waals surface area contributed by atoms with Crippen LogP contribution in [0.1, 0.15) is 42.5 Å². The zero-order valence-electron chi connectivity index (χ0n) is 26.3. The monoisotopic (exact) mass is 645 g/mol. The number of aryl methyl sites for hydroxylation is 4. The van der Waals surface area contributed by atoms with Crippen LogP contribution in [0.2, 0.25) is 0 Å². The summed E-state index contributed by atoms with van der Waals surface area (Å²) in [5.74, 6) is 1.17. The average Bonchev–Trinajstić information content (AvgIpc) is 3.00. The SMILES string of the molecule is CCOP(=O)(OCC)C(F)(F)CCOCCOCCOc1ccc(CCc2ccnc3c(N)nc4cc(C)ccc4c23)c(C)c1. The highest BCUT2D eigenvalue weighted by Gasteiger charge is 2.52. The first-order chi connectivity index (χ1) is 21.6. The number of fused-ring (bicyclic) bond motifs is 3. The minimum atomic E-state index is -4.54. The van der Waals surface area contributed by atoms with Gasteiger partial charge in [0.1, 0.15) is 17.9 Å². The Morgan fingerprint density at radius 2 is 1.56 bits per heavy atom. The molecule has 0 amide bonds. The van der Waals surface area contributed by atoms with Crippen LogP contribution in [0.4, 0.5) is 14.6 Å². The van der Waals surface area contributed by atoms with E-state index in [0.29, 0.717) is 19.0 Å². The van der Waals surface area contributed by atoms with E-state index < -0.39 is 19.7 Å². The molecule has 0 spiro atoms. The number of aromatic nitrogens is 2. The molecule has 0 aliphatic carbocycles. The molecule has 0 radical (unpaired) electrons. The molecule has 4 rings (SSSR count). The molecular weight excluding hydrogens is 603 g/mol. The third-order valence-electron chi connectivity index (χ3n) is 7.34. The van der Waals surface area contributed by atoms with Gasteiger partial charge >= 0.3 is 13.3 Å². The minimum Gasteiger partial charge on any atom is -0.491 e. The van der Waals surface area contributed by atoms with Crippen LogP contribution in [-0.2, 0) is 35.9 Å².